The van der Waals surface area contributed by atoms with E-state index in [9.17, 15) is 10.2 Å². The molecule has 1 heterocycles. The van der Waals surface area contributed by atoms with Crippen LogP contribution in [0.25, 0.3) is 0 Å². The van der Waals surface area contributed by atoms with Crippen molar-refractivity contribution in [3.63, 3.8) is 0 Å². The van der Waals surface area contributed by atoms with Crippen LogP contribution >= 0.6 is 14.2 Å². The Bertz CT molecular complexity index is 1810. The van der Waals surface area contributed by atoms with Crippen LogP contribution in [0.5, 0.6) is 11.5 Å². The molecule has 2 aromatic carbocycles. The first-order valence-corrected chi connectivity index (χ1v) is 64.0. The van der Waals surface area contributed by atoms with Gasteiger partial charge in [0.25, 0.3) is 0 Å². The van der Waals surface area contributed by atoms with Gasteiger partial charge >= 0.3 is 402 Å². The zero-order valence-electron chi connectivity index (χ0n) is 44.3. The van der Waals surface area contributed by atoms with Crippen LogP contribution in [0.4, 0.5) is 0 Å². The third-order valence-corrected chi connectivity index (χ3v) is 179. The summed E-state index contributed by atoms with van der Waals surface area (Å²) in [5.41, 5.74) is 5.69. The van der Waals surface area contributed by atoms with E-state index in [0.29, 0.717) is 14.2 Å². The van der Waals surface area contributed by atoms with E-state index in [1.165, 1.54) is 71.2 Å². The molecule has 2 aromatic rings. The van der Waals surface area contributed by atoms with Crippen molar-refractivity contribution in [2.75, 3.05) is 0 Å². The molecule has 0 saturated heterocycles. The predicted octanol–water partition coefficient (Wildman–Crippen LogP) is 14.8. The Labute approximate surface area is 397 Å². The van der Waals surface area contributed by atoms with Gasteiger partial charge in [0.1, 0.15) is 0 Å². The summed E-state index contributed by atoms with van der Waals surface area (Å²) >= 11 is -0.895. The topological polar surface area (TPSA) is 40.5 Å². The molecule has 0 amide bonds. The summed E-state index contributed by atoms with van der Waals surface area (Å²) in [6, 6.07) is 10.3. The minimum absolute atomic E-state index is 0.0368. The van der Waals surface area contributed by atoms with Crippen molar-refractivity contribution in [3.05, 3.63) is 46.5 Å². The van der Waals surface area contributed by atoms with Gasteiger partial charge in [-0.25, -0.2) is 0 Å². The number of aromatic hydroxyl groups is 2. The molecule has 1 aliphatic carbocycles. The molecule has 1 fully saturated rings. The summed E-state index contributed by atoms with van der Waals surface area (Å²) in [4.78, 5) is 0. The molecule has 13 heteroatoms. The molecule has 1 aliphatic heterocycles. The monoisotopic (exact) mass is 1080 g/mol. The number of phenols is 2. The van der Waals surface area contributed by atoms with Gasteiger partial charge in [0, 0.05) is 0 Å². The van der Waals surface area contributed by atoms with Gasteiger partial charge in [-0.1, -0.05) is 0 Å². The van der Waals surface area contributed by atoms with Crippen molar-refractivity contribution in [1.29, 1.82) is 0 Å². The van der Waals surface area contributed by atoms with E-state index in [4.69, 9.17) is 0 Å². The molecular formula is C48H96O2S2Si8Zr. The predicted molar refractivity (Wildman–Crippen MR) is 302 cm³/mol. The van der Waals surface area contributed by atoms with Crippen LogP contribution in [0.2, 0.25) is 118 Å². The fraction of sp³-hybridized carbons (Fsp3) is 0.750. The Hall–Kier alpha value is 1.36. The molecule has 4 atom stereocenters. The molecule has 0 bridgehead atoms. The van der Waals surface area contributed by atoms with Crippen LogP contribution in [0.1, 0.15) is 102 Å². The molecule has 3 unspecified atom stereocenters. The fourth-order valence-corrected chi connectivity index (χ4v) is 244. The van der Waals surface area contributed by atoms with Crippen LogP contribution in [-0.2, 0) is 41.5 Å². The van der Waals surface area contributed by atoms with E-state index >= 15 is 0 Å². The standard InChI is InChI=1S/C48H96O2S2Si8.Zr/c1-47(2,3)39-31-37(45(49)43(33-39)59(53(7,8)9,54(10,11)12)55(13,14)15)35-51-41-29-27-25-26-28-30-42(41)52-36-38-32-40(48(4,5)6)34-44(46(38)50)60(56(16,17)18,57(19,20)21)58(22,23)24;/h31-34,41-42,49-50H,25-30,35-36H2,1-24H3;/t41-,42?;/m0./s1. The molecule has 1 saturated carbocycles. The molecule has 61 heavy (non-hydrogen) atoms. The Kier molecular flexibility index (Phi) is 16.5. The second-order valence-corrected chi connectivity index (χ2v) is 124. The fourth-order valence-electron chi connectivity index (χ4n) is 15.2. The summed E-state index contributed by atoms with van der Waals surface area (Å²) in [6.45, 7) is 58.8. The van der Waals surface area contributed by atoms with Crippen molar-refractivity contribution >= 4 is 83.4 Å². The van der Waals surface area contributed by atoms with E-state index < -0.39 is 78.0 Å². The van der Waals surface area contributed by atoms with Gasteiger partial charge in [-0.05, 0) is 0 Å². The van der Waals surface area contributed by atoms with Crippen LogP contribution in [-0.4, -0.2) is 79.5 Å². The number of fused-ring (bicyclic) bond motifs is 1. The first-order valence-electron chi connectivity index (χ1n) is 24.1. The SMILES string of the molecule is CC(C)(C)c1cc(C[S]2=[Zr]=[S](Cc3cc(C(C)(C)C)cc([Si]([Si](C)(C)C)([Si](C)(C)C)[Si](C)(C)C)c3O)[C@H]3CCCCCCC32)c(O)c([Si]([Si](C)(C)C)([Si](C)(C)C)[Si](C)(C)C)c1. The first kappa shape index (κ1) is 55.0. The molecule has 2 aliphatic rings. The first-order chi connectivity index (χ1) is 27.2. The van der Waals surface area contributed by atoms with Gasteiger partial charge < -0.3 is 0 Å². The van der Waals surface area contributed by atoms with E-state index in [2.05, 4.69) is 184 Å². The zero-order chi connectivity index (χ0) is 47.1. The van der Waals surface area contributed by atoms with E-state index in [0.717, 1.165) is 33.5 Å². The number of phenolic OH excluding ortho intramolecular Hbond substituents is 2. The average Bonchev–Trinajstić information content (AvgIpc) is 3.29. The molecular weight excluding hydrogens is 989 g/mol. The number of benzene rings is 2. The molecule has 0 radical (unpaired) electrons. The Morgan fingerprint density at radius 3 is 0.951 bits per heavy atom. The molecule has 4 rings (SSSR count). The number of rotatable bonds is 12. The summed E-state index contributed by atoms with van der Waals surface area (Å²) in [7, 11) is -9.46. The van der Waals surface area contributed by atoms with Crippen molar-refractivity contribution in [2.24, 2.45) is 0 Å². The molecule has 2 N–H and O–H groups in total. The third-order valence-electron chi connectivity index (χ3n) is 15.4. The van der Waals surface area contributed by atoms with Crippen molar-refractivity contribution < 1.29 is 29.4 Å². The van der Waals surface area contributed by atoms with Gasteiger partial charge in [-0.3, -0.25) is 0 Å². The number of hydrogen-bond acceptors (Lipinski definition) is 2. The summed E-state index contributed by atoms with van der Waals surface area (Å²) in [5, 5.41) is 30.8. The van der Waals surface area contributed by atoms with Gasteiger partial charge in [-0.2, -0.15) is 0 Å². The molecule has 348 valence electrons. The van der Waals surface area contributed by atoms with Crippen molar-refractivity contribution in [2.45, 2.75) is 231 Å². The average molecular weight is 1090 g/mol. The second kappa shape index (κ2) is 18.4. The normalized spacial score (nSPS) is 22.0. The Morgan fingerprint density at radius 1 is 0.459 bits per heavy atom. The summed E-state index contributed by atoms with van der Waals surface area (Å²) in [5.74, 6) is 3.75. The van der Waals surface area contributed by atoms with Crippen molar-refractivity contribution in [3.8, 4) is 11.5 Å². The maximum atomic E-state index is 13.1. The summed E-state index contributed by atoms with van der Waals surface area (Å²) in [6.07, 6.45) is 8.31. The van der Waals surface area contributed by atoms with Gasteiger partial charge in [0.05, 0.1) is 0 Å². The zero-order valence-corrected chi connectivity index (χ0v) is 56.4. The number of hydrogen-bond donors (Lipinski definition) is 2. The van der Waals surface area contributed by atoms with E-state index in [1.807, 2.05) is 0 Å². The van der Waals surface area contributed by atoms with Crippen LogP contribution in [0.3, 0.4) is 0 Å². The van der Waals surface area contributed by atoms with Crippen molar-refractivity contribution in [1.82, 2.24) is 0 Å². The van der Waals surface area contributed by atoms with Crippen LogP contribution < -0.4 is 10.4 Å². The van der Waals surface area contributed by atoms with Gasteiger partial charge in [0.15, 0.2) is 0 Å². The molecule has 0 aromatic heterocycles. The molecule has 2 nitrogen and oxygen atoms in total. The quantitative estimate of drug-likeness (QED) is 0.208. The Morgan fingerprint density at radius 2 is 0.721 bits per heavy atom. The van der Waals surface area contributed by atoms with Gasteiger partial charge in [-0.15, -0.1) is 0 Å². The molecule has 0 spiro atoms. The summed E-state index contributed by atoms with van der Waals surface area (Å²) < 4.78 is 0. The Balaban J connectivity index is 2.10. The second-order valence-electron chi connectivity index (χ2n) is 27.9. The maximum absolute atomic E-state index is 13.1. The third kappa shape index (κ3) is 10.4. The van der Waals surface area contributed by atoms with E-state index in [1.54, 1.807) is 0 Å². The van der Waals surface area contributed by atoms with E-state index in [-0.39, 0.29) is 10.8 Å². The van der Waals surface area contributed by atoms with Crippen LogP contribution in [0.15, 0.2) is 24.3 Å². The van der Waals surface area contributed by atoms with Crippen LogP contribution in [0, 0.1) is 0 Å². The minimum atomic E-state index is -2.05. The van der Waals surface area contributed by atoms with Gasteiger partial charge in [0.2, 0.25) is 0 Å².